The van der Waals surface area contributed by atoms with Crippen LogP contribution in [0.25, 0.3) is 5.65 Å². The van der Waals surface area contributed by atoms with Crippen LogP contribution in [0, 0.1) is 0 Å². The number of pyridine rings is 1. The lowest BCUT2D eigenvalue weighted by Crippen LogP contribution is -2.17. The van der Waals surface area contributed by atoms with Crippen molar-refractivity contribution in [3.8, 4) is 0 Å². The largest absolute Gasteiger partial charge is 0.478 e. The fraction of sp³-hybridized carbons (Fsp3) is 0.364. The second-order valence-electron chi connectivity index (χ2n) is 4.39. The van der Waals surface area contributed by atoms with Gasteiger partial charge in [-0.1, -0.05) is 6.92 Å². The van der Waals surface area contributed by atoms with E-state index in [1.54, 1.807) is 0 Å². The second kappa shape index (κ2) is 5.23. The molecule has 22 heavy (non-hydrogen) atoms. The first-order chi connectivity index (χ1) is 10.1. The Balaban J connectivity index is 2.79. The Morgan fingerprint density at radius 2 is 1.95 bits per heavy atom. The Hall–Kier alpha value is -2.17. The number of sulfone groups is 1. The van der Waals surface area contributed by atoms with E-state index in [2.05, 4.69) is 10.2 Å². The number of halogens is 3. The van der Waals surface area contributed by atoms with Gasteiger partial charge in [0.15, 0.2) is 21.3 Å². The number of aromatic carboxylic acids is 1. The molecule has 0 aromatic carbocycles. The number of hydrogen-bond donors (Lipinski definition) is 1. The molecule has 0 amide bonds. The zero-order valence-electron chi connectivity index (χ0n) is 11.1. The summed E-state index contributed by atoms with van der Waals surface area (Å²) in [6.45, 7) is 1.34. The Morgan fingerprint density at radius 3 is 2.45 bits per heavy atom. The minimum absolute atomic E-state index is 0.290. The quantitative estimate of drug-likeness (QED) is 0.904. The summed E-state index contributed by atoms with van der Waals surface area (Å²) in [7, 11) is -3.67. The van der Waals surface area contributed by atoms with Crippen molar-refractivity contribution in [1.29, 1.82) is 0 Å². The Bertz CT molecular complexity index is 842. The predicted molar refractivity (Wildman–Crippen MR) is 68.1 cm³/mol. The predicted octanol–water partition coefficient (Wildman–Crippen LogP) is 1.38. The molecule has 1 N–H and O–H groups in total. The first-order valence-corrected chi connectivity index (χ1v) is 7.77. The minimum Gasteiger partial charge on any atom is -0.478 e. The van der Waals surface area contributed by atoms with E-state index in [1.165, 1.54) is 6.92 Å². The zero-order valence-corrected chi connectivity index (χ0v) is 11.9. The lowest BCUT2D eigenvalue weighted by atomic mass is 10.2. The lowest BCUT2D eigenvalue weighted by molar-refractivity contribution is -0.142. The summed E-state index contributed by atoms with van der Waals surface area (Å²) in [6, 6.07) is 1.31. The molecule has 2 rings (SSSR count). The van der Waals surface area contributed by atoms with Crippen molar-refractivity contribution in [3.63, 3.8) is 0 Å². The minimum atomic E-state index is -4.82. The van der Waals surface area contributed by atoms with Gasteiger partial charge in [0.2, 0.25) is 0 Å². The van der Waals surface area contributed by atoms with Gasteiger partial charge < -0.3 is 5.11 Å². The van der Waals surface area contributed by atoms with Crippen LogP contribution < -0.4 is 0 Å². The number of hydrogen-bond acceptors (Lipinski definition) is 5. The third-order valence-electron chi connectivity index (χ3n) is 2.93. The molecular formula is C11H10F3N3O4S. The van der Waals surface area contributed by atoms with Crippen molar-refractivity contribution in [1.82, 2.24) is 14.6 Å². The Kier molecular flexibility index (Phi) is 3.85. The third-order valence-corrected chi connectivity index (χ3v) is 4.51. The molecule has 0 bridgehead atoms. The topological polar surface area (TPSA) is 102 Å². The smallest absolute Gasteiger partial charge is 0.431 e. The van der Waals surface area contributed by atoms with Crippen molar-refractivity contribution in [2.24, 2.45) is 0 Å². The van der Waals surface area contributed by atoms with Crippen LogP contribution in [0.4, 0.5) is 13.2 Å². The monoisotopic (exact) mass is 337 g/mol. The highest BCUT2D eigenvalue weighted by Gasteiger charge is 2.36. The molecule has 0 aliphatic rings. The van der Waals surface area contributed by atoms with E-state index in [4.69, 9.17) is 5.11 Å². The number of fused-ring (bicyclic) bond motifs is 1. The molecule has 2 aromatic rings. The van der Waals surface area contributed by atoms with Gasteiger partial charge in [0.05, 0.1) is 0 Å². The number of carbonyl (C=O) groups is 1. The van der Waals surface area contributed by atoms with Crippen LogP contribution in [0.1, 0.15) is 28.8 Å². The molecule has 0 aliphatic carbocycles. The van der Waals surface area contributed by atoms with Crippen LogP contribution in [0.3, 0.4) is 0 Å². The van der Waals surface area contributed by atoms with Gasteiger partial charge in [0, 0.05) is 5.75 Å². The van der Waals surface area contributed by atoms with E-state index < -0.39 is 50.5 Å². The molecule has 0 saturated heterocycles. The fourth-order valence-electron chi connectivity index (χ4n) is 1.84. The van der Waals surface area contributed by atoms with Gasteiger partial charge in [-0.15, -0.1) is 10.2 Å². The number of rotatable bonds is 4. The number of aromatic nitrogens is 3. The van der Waals surface area contributed by atoms with Gasteiger partial charge in [0.25, 0.3) is 0 Å². The summed E-state index contributed by atoms with van der Waals surface area (Å²) >= 11 is 0. The van der Waals surface area contributed by atoms with E-state index in [0.717, 1.165) is 6.07 Å². The third kappa shape index (κ3) is 2.89. The summed E-state index contributed by atoms with van der Waals surface area (Å²) < 4.78 is 62.8. The molecule has 0 atom stereocenters. The summed E-state index contributed by atoms with van der Waals surface area (Å²) in [4.78, 5) is 11.0. The molecule has 11 heteroatoms. The molecule has 0 unspecified atom stereocenters. The van der Waals surface area contributed by atoms with Crippen molar-refractivity contribution in [3.05, 3.63) is 29.2 Å². The van der Waals surface area contributed by atoms with Crippen LogP contribution >= 0.6 is 0 Å². The normalized spacial score (nSPS) is 12.7. The van der Waals surface area contributed by atoms with Gasteiger partial charge in [-0.05, 0) is 12.1 Å². The van der Waals surface area contributed by atoms with Gasteiger partial charge in [-0.2, -0.15) is 13.2 Å². The molecule has 120 valence electrons. The maximum Gasteiger partial charge on any atom is 0.431 e. The van der Waals surface area contributed by atoms with Crippen LogP contribution in [-0.4, -0.2) is 39.8 Å². The van der Waals surface area contributed by atoms with Crippen molar-refractivity contribution >= 4 is 21.5 Å². The number of carboxylic acid groups (broad SMARTS) is 1. The van der Waals surface area contributed by atoms with E-state index in [-0.39, 0.29) is 5.75 Å². The second-order valence-corrected chi connectivity index (χ2v) is 6.74. The Morgan fingerprint density at radius 1 is 1.32 bits per heavy atom. The molecule has 0 aliphatic heterocycles. The molecule has 2 heterocycles. The summed E-state index contributed by atoms with van der Waals surface area (Å²) in [5, 5.41) is 15.8. The van der Waals surface area contributed by atoms with E-state index in [0.29, 0.717) is 10.5 Å². The first-order valence-electron chi connectivity index (χ1n) is 5.94. The van der Waals surface area contributed by atoms with E-state index in [1.807, 2.05) is 0 Å². The summed E-state index contributed by atoms with van der Waals surface area (Å²) in [5.74, 6) is -3.03. The summed E-state index contributed by atoms with van der Waals surface area (Å²) in [5.41, 5.74) is -2.29. The molecule has 0 radical (unpaired) electrons. The highest BCUT2D eigenvalue weighted by atomic mass is 32.2. The van der Waals surface area contributed by atoms with Crippen LogP contribution in [-0.2, 0) is 21.8 Å². The summed E-state index contributed by atoms with van der Waals surface area (Å²) in [6.07, 6.45) is -4.82. The van der Waals surface area contributed by atoms with Crippen molar-refractivity contribution < 1.29 is 31.5 Å². The molecule has 2 aromatic heterocycles. The van der Waals surface area contributed by atoms with Crippen molar-refractivity contribution in [2.75, 3.05) is 5.75 Å². The highest BCUT2D eigenvalue weighted by Crippen LogP contribution is 2.31. The number of nitrogens with zero attached hydrogens (tertiary/aromatic N) is 3. The highest BCUT2D eigenvalue weighted by molar-refractivity contribution is 7.90. The van der Waals surface area contributed by atoms with E-state index >= 15 is 0 Å². The molecular weight excluding hydrogens is 327 g/mol. The van der Waals surface area contributed by atoms with Crippen molar-refractivity contribution in [2.45, 2.75) is 18.9 Å². The number of carboxylic acids is 1. The fourth-order valence-corrected chi connectivity index (χ4v) is 2.62. The van der Waals surface area contributed by atoms with Gasteiger partial charge >= 0.3 is 12.1 Å². The lowest BCUT2D eigenvalue weighted by Gasteiger charge is -2.12. The first kappa shape index (κ1) is 16.2. The van der Waals surface area contributed by atoms with Gasteiger partial charge in [0.1, 0.15) is 17.0 Å². The molecule has 7 nitrogen and oxygen atoms in total. The Labute approximate surface area is 122 Å². The standard InChI is InChI=1S/C11H10F3N3O4S/c1-2-22(20,21)5-8-15-16-9-6(10(18)19)3-4-7(17(8)9)11(12,13)14/h3-4H,2,5H2,1H3,(H,18,19). The SMILES string of the molecule is CCS(=O)(=O)Cc1nnc2c(C(=O)O)ccc(C(F)(F)F)n12. The van der Waals surface area contributed by atoms with Crippen LogP contribution in [0.2, 0.25) is 0 Å². The maximum absolute atomic E-state index is 13.0. The molecule has 0 saturated carbocycles. The maximum atomic E-state index is 13.0. The molecule has 0 spiro atoms. The molecule has 0 fully saturated rings. The van der Waals surface area contributed by atoms with Crippen LogP contribution in [0.15, 0.2) is 12.1 Å². The average Bonchev–Trinajstić information content (AvgIpc) is 2.79. The van der Waals surface area contributed by atoms with Gasteiger partial charge in [-0.3, -0.25) is 4.40 Å². The zero-order chi connectivity index (χ0) is 16.7. The average molecular weight is 337 g/mol. The van der Waals surface area contributed by atoms with Gasteiger partial charge in [-0.25, -0.2) is 13.2 Å². The van der Waals surface area contributed by atoms with Crippen LogP contribution in [0.5, 0.6) is 0 Å². The number of alkyl halides is 3. The van der Waals surface area contributed by atoms with E-state index in [9.17, 15) is 26.4 Å².